The van der Waals surface area contributed by atoms with Crippen LogP contribution in [0.2, 0.25) is 0 Å². The highest BCUT2D eigenvalue weighted by atomic mass is 16.5. The van der Waals surface area contributed by atoms with Gasteiger partial charge in [-0.3, -0.25) is 4.79 Å². The van der Waals surface area contributed by atoms with Gasteiger partial charge in [-0.15, -0.1) is 0 Å². The molecule has 4 heteroatoms. The van der Waals surface area contributed by atoms with Gasteiger partial charge in [0, 0.05) is 23.9 Å². The minimum atomic E-state index is -0.176. The lowest BCUT2D eigenvalue weighted by Crippen LogP contribution is -2.15. The summed E-state index contributed by atoms with van der Waals surface area (Å²) in [7, 11) is 0. The lowest BCUT2D eigenvalue weighted by molar-refractivity contribution is -0.134. The molecule has 0 bridgehead atoms. The lowest BCUT2D eigenvalue weighted by Gasteiger charge is -2.22. The Balaban J connectivity index is 1.69. The van der Waals surface area contributed by atoms with Crippen LogP contribution in [0, 0.1) is 5.92 Å². The smallest absolute Gasteiger partial charge is 0.311 e. The molecule has 3 rings (SSSR count). The highest BCUT2D eigenvalue weighted by molar-refractivity contribution is 5.72. The molecule has 25 heavy (non-hydrogen) atoms. The second kappa shape index (κ2) is 8.24. The Bertz CT molecular complexity index is 725. The number of benzene rings is 1. The number of ether oxygens (including phenoxy) is 1. The summed E-state index contributed by atoms with van der Waals surface area (Å²) in [6.07, 6.45) is 8.87. The van der Waals surface area contributed by atoms with Crippen molar-refractivity contribution in [2.45, 2.75) is 58.8 Å². The molecule has 1 atom stereocenters. The monoisotopic (exact) mass is 338 g/mol. The van der Waals surface area contributed by atoms with Gasteiger partial charge in [-0.2, -0.15) is 0 Å². The van der Waals surface area contributed by atoms with E-state index in [9.17, 15) is 4.79 Å². The van der Waals surface area contributed by atoms with Crippen LogP contribution in [0.1, 0.15) is 57.2 Å². The summed E-state index contributed by atoms with van der Waals surface area (Å²) in [6.45, 7) is 4.31. The van der Waals surface area contributed by atoms with E-state index < -0.39 is 0 Å². The van der Waals surface area contributed by atoms with Crippen LogP contribution in [0.4, 0.5) is 0 Å². The van der Waals surface area contributed by atoms with E-state index in [1.165, 1.54) is 24.1 Å². The molecule has 1 aromatic carbocycles. The molecule has 0 aliphatic heterocycles. The molecule has 0 saturated carbocycles. The van der Waals surface area contributed by atoms with E-state index in [0.29, 0.717) is 12.2 Å². The summed E-state index contributed by atoms with van der Waals surface area (Å²) in [6, 6.07) is 7.47. The predicted octanol–water partition coefficient (Wildman–Crippen LogP) is 4.75. The summed E-state index contributed by atoms with van der Waals surface area (Å²) in [5.74, 6) is 1.92. The Kier molecular flexibility index (Phi) is 5.79. The molecule has 132 valence electrons. The minimum Gasteiger partial charge on any atom is -0.427 e. The Morgan fingerprint density at radius 2 is 2.04 bits per heavy atom. The van der Waals surface area contributed by atoms with Crippen molar-refractivity contribution in [3.05, 3.63) is 41.7 Å². The van der Waals surface area contributed by atoms with Crippen molar-refractivity contribution < 1.29 is 9.53 Å². The number of carbonyl (C=O) groups excluding carboxylic acids is 1. The summed E-state index contributed by atoms with van der Waals surface area (Å²) < 4.78 is 5.34. The number of carbonyl (C=O) groups is 1. The van der Waals surface area contributed by atoms with Crippen LogP contribution in [0.3, 0.4) is 0 Å². The molecule has 1 heterocycles. The fourth-order valence-corrected chi connectivity index (χ4v) is 3.25. The third kappa shape index (κ3) is 4.44. The fraction of sp³-hybridized carbons (Fsp3) is 0.476. The van der Waals surface area contributed by atoms with Crippen molar-refractivity contribution in [1.82, 2.24) is 9.97 Å². The standard InChI is InChI=1S/C21H26N2O2/c1-3-5-6-20(24)25-18-10-8-16(9-11-18)21-22-14-17-13-15(4-2)7-12-19(17)23-21/h8-11,14-15H,3-7,12-13H2,1-2H3. The first-order chi connectivity index (χ1) is 12.2. The average molecular weight is 338 g/mol. The Morgan fingerprint density at radius 1 is 1.24 bits per heavy atom. The maximum absolute atomic E-state index is 11.7. The van der Waals surface area contributed by atoms with Crippen LogP contribution in [-0.2, 0) is 17.6 Å². The third-order valence-electron chi connectivity index (χ3n) is 4.91. The minimum absolute atomic E-state index is 0.176. The van der Waals surface area contributed by atoms with Gasteiger partial charge in [0.25, 0.3) is 0 Å². The molecule has 2 aromatic rings. The number of rotatable bonds is 6. The largest absolute Gasteiger partial charge is 0.427 e. The van der Waals surface area contributed by atoms with Gasteiger partial charge < -0.3 is 4.74 Å². The maximum atomic E-state index is 11.7. The molecule has 0 N–H and O–H groups in total. The third-order valence-corrected chi connectivity index (χ3v) is 4.91. The number of hydrogen-bond donors (Lipinski definition) is 0. The van der Waals surface area contributed by atoms with Gasteiger partial charge >= 0.3 is 5.97 Å². The van der Waals surface area contributed by atoms with Gasteiger partial charge in [0.15, 0.2) is 5.82 Å². The van der Waals surface area contributed by atoms with E-state index in [1.54, 1.807) is 0 Å². The number of fused-ring (bicyclic) bond motifs is 1. The van der Waals surface area contributed by atoms with Crippen molar-refractivity contribution in [3.63, 3.8) is 0 Å². The second-order valence-electron chi connectivity index (χ2n) is 6.78. The van der Waals surface area contributed by atoms with Crippen molar-refractivity contribution in [2.75, 3.05) is 0 Å². The molecular formula is C21H26N2O2. The maximum Gasteiger partial charge on any atom is 0.311 e. The summed E-state index contributed by atoms with van der Waals surface area (Å²) >= 11 is 0. The summed E-state index contributed by atoms with van der Waals surface area (Å²) in [5.41, 5.74) is 3.43. The highest BCUT2D eigenvalue weighted by Crippen LogP contribution is 2.28. The highest BCUT2D eigenvalue weighted by Gasteiger charge is 2.19. The van der Waals surface area contributed by atoms with E-state index in [-0.39, 0.29) is 5.97 Å². The molecule has 0 amide bonds. The normalized spacial score (nSPS) is 16.3. The first-order valence-corrected chi connectivity index (χ1v) is 9.35. The van der Waals surface area contributed by atoms with Crippen LogP contribution in [0.25, 0.3) is 11.4 Å². The Labute approximate surface area is 149 Å². The van der Waals surface area contributed by atoms with Gasteiger partial charge in [0.05, 0.1) is 0 Å². The predicted molar refractivity (Wildman–Crippen MR) is 98.4 cm³/mol. The van der Waals surface area contributed by atoms with Gasteiger partial charge in [-0.25, -0.2) is 9.97 Å². The topological polar surface area (TPSA) is 52.1 Å². The molecule has 0 fully saturated rings. The van der Waals surface area contributed by atoms with Gasteiger partial charge in [0.1, 0.15) is 5.75 Å². The molecule has 1 aliphatic rings. The Morgan fingerprint density at radius 3 is 2.76 bits per heavy atom. The first kappa shape index (κ1) is 17.6. The fourth-order valence-electron chi connectivity index (χ4n) is 3.25. The number of nitrogens with zero attached hydrogens (tertiary/aromatic N) is 2. The summed E-state index contributed by atoms with van der Waals surface area (Å²) in [5, 5.41) is 0. The summed E-state index contributed by atoms with van der Waals surface area (Å²) in [4.78, 5) is 21.0. The Hall–Kier alpha value is -2.23. The van der Waals surface area contributed by atoms with Crippen molar-refractivity contribution >= 4 is 5.97 Å². The molecule has 1 aromatic heterocycles. The quantitative estimate of drug-likeness (QED) is 0.563. The molecule has 0 radical (unpaired) electrons. The zero-order valence-corrected chi connectivity index (χ0v) is 15.1. The van der Waals surface area contributed by atoms with Crippen LogP contribution in [0.5, 0.6) is 5.75 Å². The molecule has 4 nitrogen and oxygen atoms in total. The second-order valence-corrected chi connectivity index (χ2v) is 6.78. The molecule has 0 spiro atoms. The molecule has 1 unspecified atom stereocenters. The van der Waals surface area contributed by atoms with E-state index >= 15 is 0 Å². The van der Waals surface area contributed by atoms with Crippen LogP contribution in [0.15, 0.2) is 30.5 Å². The van der Waals surface area contributed by atoms with E-state index in [0.717, 1.165) is 43.0 Å². The van der Waals surface area contributed by atoms with Gasteiger partial charge in [0.2, 0.25) is 0 Å². The van der Waals surface area contributed by atoms with E-state index in [1.807, 2.05) is 30.5 Å². The first-order valence-electron chi connectivity index (χ1n) is 9.35. The van der Waals surface area contributed by atoms with Crippen molar-refractivity contribution in [2.24, 2.45) is 5.92 Å². The lowest BCUT2D eigenvalue weighted by atomic mass is 9.86. The van der Waals surface area contributed by atoms with Crippen LogP contribution in [-0.4, -0.2) is 15.9 Å². The number of unbranched alkanes of at least 4 members (excludes halogenated alkanes) is 1. The van der Waals surface area contributed by atoms with Crippen molar-refractivity contribution in [1.29, 1.82) is 0 Å². The van der Waals surface area contributed by atoms with Gasteiger partial charge in [-0.05, 0) is 61.4 Å². The molecule has 1 aliphatic carbocycles. The van der Waals surface area contributed by atoms with E-state index in [4.69, 9.17) is 9.72 Å². The SMILES string of the molecule is CCCCC(=O)Oc1ccc(-c2ncc3c(n2)CCC(CC)C3)cc1. The average Bonchev–Trinajstić information content (AvgIpc) is 2.66. The van der Waals surface area contributed by atoms with Gasteiger partial charge in [-0.1, -0.05) is 26.7 Å². The van der Waals surface area contributed by atoms with Crippen LogP contribution >= 0.6 is 0 Å². The number of aromatic nitrogens is 2. The molecule has 0 saturated heterocycles. The van der Waals surface area contributed by atoms with E-state index in [2.05, 4.69) is 18.8 Å². The zero-order valence-electron chi connectivity index (χ0n) is 15.1. The number of hydrogen-bond acceptors (Lipinski definition) is 4. The zero-order chi connectivity index (χ0) is 17.6. The number of esters is 1. The number of aryl methyl sites for hydroxylation is 1. The van der Waals surface area contributed by atoms with Crippen LogP contribution < -0.4 is 4.74 Å². The van der Waals surface area contributed by atoms with Crippen molar-refractivity contribution in [3.8, 4) is 17.1 Å². The molecular weight excluding hydrogens is 312 g/mol.